The summed E-state index contributed by atoms with van der Waals surface area (Å²) in [6.07, 6.45) is 4.66. The normalized spacial score (nSPS) is 27.0. The number of benzene rings is 1. The minimum Gasteiger partial charge on any atom is -0.377 e. The molecule has 0 spiro atoms. The first-order valence-electron chi connectivity index (χ1n) is 8.88. The van der Waals surface area contributed by atoms with Gasteiger partial charge in [-0.25, -0.2) is 4.39 Å². The van der Waals surface area contributed by atoms with Gasteiger partial charge in [-0.2, -0.15) is 0 Å². The molecule has 1 aromatic carbocycles. The zero-order valence-electron chi connectivity index (χ0n) is 15.8. The molecule has 1 heterocycles. The third kappa shape index (κ3) is 4.30. The predicted molar refractivity (Wildman–Crippen MR) is 117 cm³/mol. The molecule has 1 saturated carbocycles. The van der Waals surface area contributed by atoms with Crippen molar-refractivity contribution in [3.8, 4) is 0 Å². The highest BCUT2D eigenvalue weighted by atomic mass is 127. The van der Waals surface area contributed by atoms with Gasteiger partial charge in [0.2, 0.25) is 0 Å². The summed E-state index contributed by atoms with van der Waals surface area (Å²) in [5.74, 6) is 1.09. The molecule has 1 aliphatic carbocycles. The van der Waals surface area contributed by atoms with E-state index >= 15 is 0 Å². The van der Waals surface area contributed by atoms with Gasteiger partial charge in [-0.05, 0) is 42.9 Å². The topological polar surface area (TPSA) is 45.7 Å². The van der Waals surface area contributed by atoms with Gasteiger partial charge in [-0.3, -0.25) is 4.99 Å². The quantitative estimate of drug-likeness (QED) is 0.288. The average Bonchev–Trinajstić information content (AvgIpc) is 2.62. The van der Waals surface area contributed by atoms with Crippen molar-refractivity contribution >= 4 is 41.7 Å². The van der Waals surface area contributed by atoms with Crippen LogP contribution in [0.5, 0.6) is 0 Å². The first kappa shape index (κ1) is 21.8. The van der Waals surface area contributed by atoms with Crippen LogP contribution in [0.2, 0.25) is 0 Å². The molecule has 0 aromatic heterocycles. The van der Waals surface area contributed by atoms with E-state index < -0.39 is 0 Å². The van der Waals surface area contributed by atoms with E-state index in [1.165, 1.54) is 12.5 Å². The number of nitrogens with zero attached hydrogens (tertiary/aromatic N) is 1. The van der Waals surface area contributed by atoms with Crippen LogP contribution in [0.25, 0.3) is 0 Å². The highest BCUT2D eigenvalue weighted by Crippen LogP contribution is 2.51. The molecule has 2 N–H and O–H groups in total. The Labute approximate surface area is 177 Å². The fraction of sp³-hybridized carbons (Fsp3) is 0.632. The lowest BCUT2D eigenvalue weighted by Gasteiger charge is -2.60. The fourth-order valence-electron chi connectivity index (χ4n) is 4.22. The number of rotatable bonds is 4. The minimum absolute atomic E-state index is 0. The summed E-state index contributed by atoms with van der Waals surface area (Å²) in [6, 6.07) is 5.26. The Kier molecular flexibility index (Phi) is 7.62. The van der Waals surface area contributed by atoms with Gasteiger partial charge in [0.05, 0.1) is 6.10 Å². The van der Waals surface area contributed by atoms with Gasteiger partial charge >= 0.3 is 0 Å². The molecule has 1 saturated heterocycles. The molecular weight excluding hydrogens is 464 g/mol. The smallest absolute Gasteiger partial charge is 0.191 e. The van der Waals surface area contributed by atoms with Crippen molar-refractivity contribution in [1.82, 2.24) is 10.6 Å². The average molecular weight is 493 g/mol. The summed E-state index contributed by atoms with van der Waals surface area (Å²) in [6.45, 7) is 5.93. The van der Waals surface area contributed by atoms with Crippen molar-refractivity contribution in [2.24, 2.45) is 16.3 Å². The molecule has 2 fully saturated rings. The summed E-state index contributed by atoms with van der Waals surface area (Å²) in [5, 5.41) is 6.91. The van der Waals surface area contributed by atoms with E-state index in [0.29, 0.717) is 24.6 Å². The highest BCUT2D eigenvalue weighted by molar-refractivity contribution is 14.0. The number of aliphatic imine (C=N–C) groups is 1. The van der Waals surface area contributed by atoms with E-state index in [0.717, 1.165) is 29.4 Å². The predicted octanol–water partition coefficient (Wildman–Crippen LogP) is 4.03. The van der Waals surface area contributed by atoms with Crippen LogP contribution in [0.3, 0.4) is 0 Å². The Bertz CT molecular complexity index is 656. The summed E-state index contributed by atoms with van der Waals surface area (Å²) < 4.78 is 19.5. The van der Waals surface area contributed by atoms with Gasteiger partial charge in [-0.15, -0.1) is 35.7 Å². The Morgan fingerprint density at radius 3 is 2.88 bits per heavy atom. The summed E-state index contributed by atoms with van der Waals surface area (Å²) in [4.78, 5) is 5.44. The number of guanidine groups is 1. The van der Waals surface area contributed by atoms with E-state index in [9.17, 15) is 4.39 Å². The van der Waals surface area contributed by atoms with Gasteiger partial charge in [0.15, 0.2) is 5.96 Å². The fourth-order valence-corrected chi connectivity index (χ4v) is 4.82. The first-order chi connectivity index (χ1) is 12.0. The summed E-state index contributed by atoms with van der Waals surface area (Å²) in [5.41, 5.74) is 1.04. The van der Waals surface area contributed by atoms with Gasteiger partial charge in [-0.1, -0.05) is 13.8 Å². The van der Waals surface area contributed by atoms with E-state index in [1.54, 1.807) is 24.9 Å². The van der Waals surface area contributed by atoms with Crippen molar-refractivity contribution in [2.45, 2.75) is 50.3 Å². The van der Waals surface area contributed by atoms with Crippen LogP contribution in [-0.4, -0.2) is 38.0 Å². The van der Waals surface area contributed by atoms with Crippen molar-refractivity contribution < 1.29 is 9.13 Å². The Morgan fingerprint density at radius 2 is 2.19 bits per heavy atom. The molecular formula is C19H29FIN3OS. The Hall–Kier alpha value is -0.540. The van der Waals surface area contributed by atoms with E-state index in [2.05, 4.69) is 29.5 Å². The van der Waals surface area contributed by atoms with Crippen LogP contribution in [0.4, 0.5) is 4.39 Å². The molecule has 1 aromatic rings. The number of ether oxygens (including phenoxy) is 1. The lowest BCUT2D eigenvalue weighted by atomic mass is 9.55. The molecule has 0 amide bonds. The number of nitrogens with one attached hydrogen (secondary N) is 2. The van der Waals surface area contributed by atoms with Crippen molar-refractivity contribution in [2.75, 3.05) is 19.9 Å². The molecule has 0 radical (unpaired) electrons. The van der Waals surface area contributed by atoms with E-state index in [1.807, 2.05) is 12.3 Å². The summed E-state index contributed by atoms with van der Waals surface area (Å²) in [7, 11) is 1.77. The standard InChI is InChI=1S/C19H28FN3OS.HI/c1-19(2)16(14-6-5-9-24-17(14)19)23-18(21-3)22-11-12-10-13(20)7-8-15(12)25-4;/h7-8,10,14,16-17H,5-6,9,11H2,1-4H3,(H2,21,22,23);1H. The second-order valence-corrected chi connectivity index (χ2v) is 8.27. The molecule has 2 aliphatic rings. The van der Waals surface area contributed by atoms with Crippen LogP contribution in [0, 0.1) is 17.2 Å². The molecule has 1 aliphatic heterocycles. The monoisotopic (exact) mass is 493 g/mol. The van der Waals surface area contributed by atoms with Crippen LogP contribution < -0.4 is 10.6 Å². The van der Waals surface area contributed by atoms with Crippen molar-refractivity contribution in [1.29, 1.82) is 0 Å². The molecule has 3 atom stereocenters. The highest BCUT2D eigenvalue weighted by Gasteiger charge is 2.58. The van der Waals surface area contributed by atoms with Crippen LogP contribution in [0.1, 0.15) is 32.3 Å². The second kappa shape index (κ2) is 9.10. The van der Waals surface area contributed by atoms with Crippen molar-refractivity contribution in [3.63, 3.8) is 0 Å². The largest absolute Gasteiger partial charge is 0.377 e. The van der Waals surface area contributed by atoms with Gasteiger partial charge in [0.25, 0.3) is 0 Å². The second-order valence-electron chi connectivity index (χ2n) is 7.42. The molecule has 3 rings (SSSR count). The maximum atomic E-state index is 13.6. The number of hydrogen-bond donors (Lipinski definition) is 2. The van der Waals surface area contributed by atoms with Crippen molar-refractivity contribution in [3.05, 3.63) is 29.6 Å². The lowest BCUT2D eigenvalue weighted by Crippen LogP contribution is -2.71. The number of thioether (sulfide) groups is 1. The molecule has 0 bridgehead atoms. The van der Waals surface area contributed by atoms with Crippen LogP contribution >= 0.6 is 35.7 Å². The van der Waals surface area contributed by atoms with Crippen LogP contribution in [-0.2, 0) is 11.3 Å². The van der Waals surface area contributed by atoms with E-state index in [-0.39, 0.29) is 35.2 Å². The maximum Gasteiger partial charge on any atom is 0.191 e. The van der Waals surface area contributed by atoms with Gasteiger partial charge in [0, 0.05) is 42.5 Å². The third-order valence-corrected chi connectivity index (χ3v) is 6.37. The minimum atomic E-state index is -0.208. The lowest BCUT2D eigenvalue weighted by molar-refractivity contribution is -0.188. The molecule has 7 heteroatoms. The first-order valence-corrected chi connectivity index (χ1v) is 10.1. The number of halogens is 2. The third-order valence-electron chi connectivity index (χ3n) is 5.54. The zero-order valence-corrected chi connectivity index (χ0v) is 19.0. The van der Waals surface area contributed by atoms with Gasteiger partial charge < -0.3 is 15.4 Å². The molecule has 4 nitrogen and oxygen atoms in total. The van der Waals surface area contributed by atoms with Crippen LogP contribution in [0.15, 0.2) is 28.1 Å². The molecule has 3 unspecified atom stereocenters. The molecule has 146 valence electrons. The SMILES string of the molecule is CN=C(NCc1cc(F)ccc1SC)NC1C2CCCOC2C1(C)C.I. The van der Waals surface area contributed by atoms with E-state index in [4.69, 9.17) is 4.74 Å². The number of fused-ring (bicyclic) bond motifs is 1. The summed E-state index contributed by atoms with van der Waals surface area (Å²) >= 11 is 1.62. The maximum absolute atomic E-state index is 13.6. The Balaban J connectivity index is 0.00000243. The Morgan fingerprint density at radius 1 is 1.42 bits per heavy atom. The number of hydrogen-bond acceptors (Lipinski definition) is 3. The zero-order chi connectivity index (χ0) is 18.0. The van der Waals surface area contributed by atoms with Gasteiger partial charge in [0.1, 0.15) is 5.82 Å². The molecule has 26 heavy (non-hydrogen) atoms.